The molecule has 19 heteroatoms. The summed E-state index contributed by atoms with van der Waals surface area (Å²) in [6.07, 6.45) is -3.73. The maximum atomic E-state index is 14.5. The third-order valence-electron chi connectivity index (χ3n) is 12.9. The first-order valence-electron chi connectivity index (χ1n) is 23.7. The fourth-order valence-corrected chi connectivity index (χ4v) is 9.45. The molecule has 19 nitrogen and oxygen atoms in total. The number of pyridine rings is 1. The van der Waals surface area contributed by atoms with Gasteiger partial charge in [-0.3, -0.25) is 24.1 Å². The molecular weight excluding hydrogens is 879 g/mol. The molecule has 68 heavy (non-hydrogen) atoms. The minimum Gasteiger partial charge on any atom is -0.443 e. The van der Waals surface area contributed by atoms with Crippen LogP contribution in [0.25, 0.3) is 10.9 Å². The van der Waals surface area contributed by atoms with E-state index in [-0.39, 0.29) is 37.7 Å². The maximum Gasteiger partial charge on any atom is 0.407 e. The molecule has 1 saturated carbocycles. The van der Waals surface area contributed by atoms with Crippen LogP contribution in [0.3, 0.4) is 0 Å². The number of fused-ring (bicyclic) bond motifs is 2. The number of amides is 5. The Labute approximate surface area is 396 Å². The second kappa shape index (κ2) is 24.3. The average Bonchev–Trinajstić information content (AvgIpc) is 3.30. The maximum absolute atomic E-state index is 14.5. The van der Waals surface area contributed by atoms with Crippen molar-refractivity contribution in [3.8, 4) is 0 Å². The molecule has 6 rings (SSSR count). The third kappa shape index (κ3) is 14.6. The van der Waals surface area contributed by atoms with E-state index in [0.717, 1.165) is 36.6 Å². The average molecular weight is 948 g/mol. The number of piperidine rings is 1. The number of hydrogen-bond acceptors (Lipinski definition) is 14. The standard InChI is InChI=1S/C49H69N7O12/c1-49(2,3)55-46(63)37-24-31-16-7-8-17-32(31)26-56(37)27-38(68-48(65)51-21-11-12-22-66-43-41(59)39(28-57)67-47(64)42(43)60)35(23-29-13-5-4-6-14-29)53-45(62)36(25-40(50)58)54-44(61)34-20-19-30-15-9-10-18-33(30)52-34/h4-6,9-10,13-15,18-20,31-32,35-39,41-43,47,57,59-60,64H,7-8,11-12,16-17,21-28H2,1-3H3,(H2,50,58)(H,51,65)(H,53,62)(H,54,61)(H,55,63)/t31-,32+,35-,36-,37-,38+,39+,41+,42+,43-,47?/m0/s1. The lowest BCUT2D eigenvalue weighted by Crippen LogP contribution is -2.62. The molecule has 0 radical (unpaired) electrons. The molecule has 2 saturated heterocycles. The summed E-state index contributed by atoms with van der Waals surface area (Å²) < 4.78 is 17.0. The molecule has 1 aromatic heterocycles. The second-order valence-corrected chi connectivity index (χ2v) is 19.3. The molecule has 3 heterocycles. The Morgan fingerprint density at radius 2 is 1.63 bits per heavy atom. The monoisotopic (exact) mass is 948 g/mol. The van der Waals surface area contributed by atoms with Crippen LogP contribution >= 0.6 is 0 Å². The van der Waals surface area contributed by atoms with Gasteiger partial charge in [-0.1, -0.05) is 73.9 Å². The number of unbranched alkanes of at least 4 members (excludes halogenated alkanes) is 1. The molecule has 1 unspecified atom stereocenters. The van der Waals surface area contributed by atoms with Gasteiger partial charge in [0, 0.05) is 37.2 Å². The van der Waals surface area contributed by atoms with E-state index in [4.69, 9.17) is 19.9 Å². The summed E-state index contributed by atoms with van der Waals surface area (Å²) in [5.41, 5.74) is 6.49. The van der Waals surface area contributed by atoms with E-state index in [1.807, 2.05) is 63.2 Å². The Morgan fingerprint density at radius 1 is 0.912 bits per heavy atom. The van der Waals surface area contributed by atoms with Gasteiger partial charge in [0.15, 0.2) is 6.29 Å². The van der Waals surface area contributed by atoms with Crippen molar-refractivity contribution in [3.05, 3.63) is 78.0 Å². The Kier molecular flexibility index (Phi) is 18.6. The Bertz CT molecular complexity index is 2160. The van der Waals surface area contributed by atoms with E-state index < -0.39 is 97.3 Å². The van der Waals surface area contributed by atoms with Crippen molar-refractivity contribution in [1.82, 2.24) is 31.2 Å². The predicted octanol–water partition coefficient (Wildman–Crippen LogP) is 1.42. The summed E-state index contributed by atoms with van der Waals surface area (Å²) in [7, 11) is 0. The number of aromatic nitrogens is 1. The van der Waals surface area contributed by atoms with E-state index >= 15 is 0 Å². The first-order valence-corrected chi connectivity index (χ1v) is 23.7. The van der Waals surface area contributed by atoms with Gasteiger partial charge in [0.1, 0.15) is 42.3 Å². The summed E-state index contributed by atoms with van der Waals surface area (Å²) in [5, 5.41) is 52.7. The predicted molar refractivity (Wildman–Crippen MR) is 249 cm³/mol. The lowest BCUT2D eigenvalue weighted by molar-refractivity contribution is -0.294. The van der Waals surface area contributed by atoms with Gasteiger partial charge in [-0.2, -0.15) is 0 Å². The lowest BCUT2D eigenvalue weighted by Gasteiger charge is -2.47. The van der Waals surface area contributed by atoms with E-state index in [0.29, 0.717) is 43.2 Å². The fraction of sp³-hybridized carbons (Fsp3) is 0.592. The number of benzene rings is 2. The molecule has 3 fully saturated rings. The summed E-state index contributed by atoms with van der Waals surface area (Å²) >= 11 is 0. The van der Waals surface area contributed by atoms with Gasteiger partial charge < -0.3 is 61.6 Å². The SMILES string of the molecule is CC(C)(C)NC(=O)[C@@H]1C[C@@H]2CCCC[C@@H]2CN1C[C@@H](OC(=O)NCCCCO[C@H]1[C@H](O)[C@@H](CO)OC(O)[C@@H]1O)[C@H](Cc1ccccc1)NC(=O)[C@H](CC(N)=O)NC(=O)c1ccc2ccccc2n1. The zero-order chi connectivity index (χ0) is 49.0. The van der Waals surface area contributed by atoms with Gasteiger partial charge in [-0.25, -0.2) is 9.78 Å². The van der Waals surface area contributed by atoms with Crippen molar-refractivity contribution in [2.45, 2.75) is 139 Å². The number of nitrogens with one attached hydrogen (secondary N) is 4. The van der Waals surface area contributed by atoms with Crippen molar-refractivity contribution in [1.29, 1.82) is 0 Å². The van der Waals surface area contributed by atoms with Crippen LogP contribution in [0.2, 0.25) is 0 Å². The first-order chi connectivity index (χ1) is 32.5. The largest absolute Gasteiger partial charge is 0.443 e. The number of aliphatic hydroxyl groups is 4. The minimum absolute atomic E-state index is 0.0230. The summed E-state index contributed by atoms with van der Waals surface area (Å²) in [4.78, 5) is 75.1. The summed E-state index contributed by atoms with van der Waals surface area (Å²) in [5.74, 6) is -1.80. The van der Waals surface area contributed by atoms with Gasteiger partial charge >= 0.3 is 6.09 Å². The van der Waals surface area contributed by atoms with Crippen LogP contribution in [-0.4, -0.2) is 153 Å². The molecule has 3 aromatic rings. The number of para-hydroxylation sites is 1. The van der Waals surface area contributed by atoms with Crippen molar-refractivity contribution in [3.63, 3.8) is 0 Å². The summed E-state index contributed by atoms with van der Waals surface area (Å²) in [6.45, 7) is 5.92. The number of aliphatic hydroxyl groups excluding tert-OH is 4. The van der Waals surface area contributed by atoms with E-state index in [2.05, 4.69) is 31.2 Å². The highest BCUT2D eigenvalue weighted by Gasteiger charge is 2.45. The van der Waals surface area contributed by atoms with Gasteiger partial charge in [0.25, 0.3) is 5.91 Å². The molecule has 11 atom stereocenters. The molecule has 5 amide bonds. The quantitative estimate of drug-likeness (QED) is 0.0725. The molecule has 0 spiro atoms. The Hall–Kier alpha value is -5.28. The Balaban J connectivity index is 1.23. The fourth-order valence-electron chi connectivity index (χ4n) is 9.45. The zero-order valence-electron chi connectivity index (χ0n) is 39.1. The van der Waals surface area contributed by atoms with Crippen LogP contribution in [0.1, 0.15) is 88.2 Å². The van der Waals surface area contributed by atoms with Crippen molar-refractivity contribution in [2.24, 2.45) is 17.6 Å². The highest BCUT2D eigenvalue weighted by molar-refractivity contribution is 5.99. The summed E-state index contributed by atoms with van der Waals surface area (Å²) in [6, 6.07) is 16.8. The van der Waals surface area contributed by atoms with Crippen molar-refractivity contribution >= 4 is 40.6 Å². The van der Waals surface area contributed by atoms with Crippen LogP contribution in [0.4, 0.5) is 4.79 Å². The number of hydrogen-bond donors (Lipinski definition) is 9. The number of rotatable bonds is 20. The normalized spacial score (nSPS) is 25.5. The lowest BCUT2D eigenvalue weighted by atomic mass is 9.72. The van der Waals surface area contributed by atoms with Crippen LogP contribution in [0.15, 0.2) is 66.7 Å². The number of primary amides is 1. The smallest absolute Gasteiger partial charge is 0.407 e. The molecule has 2 aromatic carbocycles. The first kappa shape index (κ1) is 52.1. The third-order valence-corrected chi connectivity index (χ3v) is 12.9. The molecule has 10 N–H and O–H groups in total. The van der Waals surface area contributed by atoms with Gasteiger partial charge in [-0.05, 0) is 82.4 Å². The molecule has 372 valence electrons. The van der Waals surface area contributed by atoms with E-state index in [9.17, 15) is 44.4 Å². The number of likely N-dealkylation sites (tertiary alicyclic amines) is 1. The minimum atomic E-state index is -1.65. The van der Waals surface area contributed by atoms with Gasteiger partial charge in [-0.15, -0.1) is 0 Å². The second-order valence-electron chi connectivity index (χ2n) is 19.3. The van der Waals surface area contributed by atoms with Crippen LogP contribution in [-0.2, 0) is 35.0 Å². The van der Waals surface area contributed by atoms with Gasteiger partial charge in [0.2, 0.25) is 17.7 Å². The Morgan fingerprint density at radius 3 is 2.35 bits per heavy atom. The van der Waals surface area contributed by atoms with Gasteiger partial charge in [0.05, 0.1) is 30.6 Å². The molecule has 0 bridgehead atoms. The number of nitrogens with zero attached hydrogens (tertiary/aromatic N) is 2. The number of ether oxygens (including phenoxy) is 3. The highest BCUT2D eigenvalue weighted by Crippen LogP contribution is 2.39. The van der Waals surface area contributed by atoms with Crippen molar-refractivity contribution in [2.75, 3.05) is 32.8 Å². The topological polar surface area (TPSA) is 284 Å². The molecule has 3 aliphatic rings. The van der Waals surface area contributed by atoms with E-state index in [1.54, 1.807) is 18.2 Å². The number of nitrogens with two attached hydrogens (primary N) is 1. The molecular formula is C49H69N7O12. The molecule has 1 aliphatic carbocycles. The zero-order valence-corrected chi connectivity index (χ0v) is 39.1. The van der Waals surface area contributed by atoms with E-state index in [1.165, 1.54) is 6.07 Å². The van der Waals surface area contributed by atoms with Crippen molar-refractivity contribution < 1.29 is 58.6 Å². The van der Waals surface area contributed by atoms with Crippen LogP contribution < -0.4 is 27.0 Å². The van der Waals surface area contributed by atoms with Crippen LogP contribution in [0, 0.1) is 11.8 Å². The number of alkyl carbamates (subject to hydrolysis) is 1. The molecule has 2 aliphatic heterocycles. The number of carbonyl (C=O) groups excluding carboxylic acids is 5. The number of carbonyl (C=O) groups is 5. The highest BCUT2D eigenvalue weighted by atomic mass is 16.6. The van der Waals surface area contributed by atoms with Crippen LogP contribution in [0.5, 0.6) is 0 Å².